The molecule has 1 aliphatic rings. The van der Waals surface area contributed by atoms with E-state index in [9.17, 15) is 9.59 Å². The van der Waals surface area contributed by atoms with Gasteiger partial charge in [-0.2, -0.15) is 0 Å². The summed E-state index contributed by atoms with van der Waals surface area (Å²) in [4.78, 5) is 22.3. The van der Waals surface area contributed by atoms with Crippen LogP contribution in [0.3, 0.4) is 0 Å². The molecule has 4 heteroatoms. The molecule has 0 bridgehead atoms. The number of amides is 2. The summed E-state index contributed by atoms with van der Waals surface area (Å²) < 4.78 is 0. The molecule has 1 heterocycles. The van der Waals surface area contributed by atoms with Gasteiger partial charge in [0.15, 0.2) is 0 Å². The third kappa shape index (κ3) is 2.89. The van der Waals surface area contributed by atoms with Gasteiger partial charge in [0.2, 0.25) is 11.8 Å². The number of nitrogens with one attached hydrogen (secondary N) is 2. The summed E-state index contributed by atoms with van der Waals surface area (Å²) in [7, 11) is 0. The van der Waals surface area contributed by atoms with Crippen LogP contribution in [0.4, 0.5) is 0 Å². The van der Waals surface area contributed by atoms with Crippen molar-refractivity contribution in [1.82, 2.24) is 10.6 Å². The largest absolute Gasteiger partial charge is 0.354 e. The molecular formula is C9H14N2O2. The number of carbonyl (C=O) groups excluding carboxylic acids is 2. The Bertz CT molecular complexity index is 236. The molecule has 0 aromatic heterocycles. The van der Waals surface area contributed by atoms with Crippen LogP contribution in [0.5, 0.6) is 0 Å². The minimum Gasteiger partial charge on any atom is -0.354 e. The molecule has 0 spiro atoms. The van der Waals surface area contributed by atoms with Crippen molar-refractivity contribution in [1.29, 1.82) is 0 Å². The van der Waals surface area contributed by atoms with Crippen molar-refractivity contribution in [3.8, 4) is 0 Å². The van der Waals surface area contributed by atoms with E-state index in [4.69, 9.17) is 0 Å². The SMILES string of the molecule is C/C=C/C(=O)NC1CCCNC1=O. The Balaban J connectivity index is 2.42. The maximum atomic E-state index is 11.2. The van der Waals surface area contributed by atoms with Crippen LogP contribution in [0.2, 0.25) is 0 Å². The molecule has 0 aromatic carbocycles. The van der Waals surface area contributed by atoms with Crippen LogP contribution >= 0.6 is 0 Å². The van der Waals surface area contributed by atoms with E-state index in [2.05, 4.69) is 10.6 Å². The van der Waals surface area contributed by atoms with Crippen LogP contribution in [0, 0.1) is 0 Å². The fourth-order valence-electron chi connectivity index (χ4n) is 1.28. The molecule has 0 saturated carbocycles. The Morgan fingerprint density at radius 1 is 1.69 bits per heavy atom. The van der Waals surface area contributed by atoms with Crippen LogP contribution in [-0.4, -0.2) is 24.4 Å². The zero-order valence-corrected chi connectivity index (χ0v) is 7.67. The second-order valence-electron chi connectivity index (χ2n) is 2.99. The van der Waals surface area contributed by atoms with Crippen molar-refractivity contribution < 1.29 is 9.59 Å². The van der Waals surface area contributed by atoms with E-state index in [0.29, 0.717) is 0 Å². The van der Waals surface area contributed by atoms with E-state index in [-0.39, 0.29) is 17.9 Å². The smallest absolute Gasteiger partial charge is 0.244 e. The van der Waals surface area contributed by atoms with E-state index >= 15 is 0 Å². The number of hydrogen-bond acceptors (Lipinski definition) is 2. The predicted octanol–water partition coefficient (Wildman–Crippen LogP) is -0.0427. The Kier molecular flexibility index (Phi) is 3.49. The second-order valence-corrected chi connectivity index (χ2v) is 2.99. The first-order valence-corrected chi connectivity index (χ1v) is 4.45. The Labute approximate surface area is 77.4 Å². The van der Waals surface area contributed by atoms with E-state index in [1.807, 2.05) is 0 Å². The summed E-state index contributed by atoms with van der Waals surface area (Å²) in [5.41, 5.74) is 0. The minimum absolute atomic E-state index is 0.0795. The van der Waals surface area contributed by atoms with Crippen molar-refractivity contribution in [3.05, 3.63) is 12.2 Å². The highest BCUT2D eigenvalue weighted by atomic mass is 16.2. The quantitative estimate of drug-likeness (QED) is 0.589. The standard InChI is InChI=1S/C9H14N2O2/c1-2-4-8(12)11-7-5-3-6-10-9(7)13/h2,4,7H,3,5-6H2,1H3,(H,10,13)(H,11,12)/b4-2+. The number of piperidine rings is 1. The molecule has 13 heavy (non-hydrogen) atoms. The van der Waals surface area contributed by atoms with Gasteiger partial charge >= 0.3 is 0 Å². The number of rotatable bonds is 2. The number of hydrogen-bond donors (Lipinski definition) is 2. The lowest BCUT2D eigenvalue weighted by atomic mass is 10.1. The van der Waals surface area contributed by atoms with Crippen molar-refractivity contribution in [2.24, 2.45) is 0 Å². The van der Waals surface area contributed by atoms with Gasteiger partial charge in [-0.05, 0) is 25.8 Å². The van der Waals surface area contributed by atoms with Gasteiger partial charge in [0.05, 0.1) is 0 Å². The summed E-state index contributed by atoms with van der Waals surface area (Å²) >= 11 is 0. The zero-order valence-electron chi connectivity index (χ0n) is 7.67. The first kappa shape index (κ1) is 9.77. The fraction of sp³-hybridized carbons (Fsp3) is 0.556. The third-order valence-electron chi connectivity index (χ3n) is 1.92. The Hall–Kier alpha value is -1.32. The van der Waals surface area contributed by atoms with Gasteiger partial charge in [-0.25, -0.2) is 0 Å². The van der Waals surface area contributed by atoms with E-state index in [0.717, 1.165) is 19.4 Å². The molecule has 2 N–H and O–H groups in total. The number of allylic oxidation sites excluding steroid dienone is 1. The van der Waals surface area contributed by atoms with Crippen molar-refractivity contribution in [2.75, 3.05) is 6.54 Å². The Morgan fingerprint density at radius 2 is 2.46 bits per heavy atom. The summed E-state index contributed by atoms with van der Waals surface area (Å²) in [5, 5.41) is 5.33. The summed E-state index contributed by atoms with van der Waals surface area (Å²) in [5.74, 6) is -0.284. The summed E-state index contributed by atoms with van der Waals surface area (Å²) in [6.07, 6.45) is 4.72. The highest BCUT2D eigenvalue weighted by Crippen LogP contribution is 2.02. The first-order valence-electron chi connectivity index (χ1n) is 4.45. The van der Waals surface area contributed by atoms with E-state index in [1.165, 1.54) is 6.08 Å². The van der Waals surface area contributed by atoms with Crippen LogP contribution in [0.15, 0.2) is 12.2 Å². The van der Waals surface area contributed by atoms with Crippen molar-refractivity contribution >= 4 is 11.8 Å². The molecule has 1 saturated heterocycles. The normalized spacial score (nSPS) is 22.8. The predicted molar refractivity (Wildman–Crippen MR) is 49.0 cm³/mol. The number of carbonyl (C=O) groups is 2. The topological polar surface area (TPSA) is 58.2 Å². The molecule has 0 radical (unpaired) electrons. The van der Waals surface area contributed by atoms with Gasteiger partial charge in [0.1, 0.15) is 6.04 Å². The van der Waals surface area contributed by atoms with Gasteiger partial charge < -0.3 is 10.6 Å². The molecule has 1 fully saturated rings. The average molecular weight is 182 g/mol. The fourth-order valence-corrected chi connectivity index (χ4v) is 1.28. The molecule has 1 unspecified atom stereocenters. The van der Waals surface area contributed by atoms with Gasteiger partial charge in [0, 0.05) is 6.54 Å². The van der Waals surface area contributed by atoms with Crippen LogP contribution in [0.1, 0.15) is 19.8 Å². The van der Waals surface area contributed by atoms with Gasteiger partial charge in [-0.1, -0.05) is 6.08 Å². The third-order valence-corrected chi connectivity index (χ3v) is 1.92. The van der Waals surface area contributed by atoms with Crippen LogP contribution in [-0.2, 0) is 9.59 Å². The van der Waals surface area contributed by atoms with Crippen LogP contribution < -0.4 is 10.6 Å². The molecule has 2 amide bonds. The summed E-state index contributed by atoms with van der Waals surface area (Å²) in [6, 6.07) is -0.350. The minimum atomic E-state index is -0.350. The zero-order chi connectivity index (χ0) is 9.68. The molecular weight excluding hydrogens is 168 g/mol. The van der Waals surface area contributed by atoms with Gasteiger partial charge in [-0.3, -0.25) is 9.59 Å². The highest BCUT2D eigenvalue weighted by Gasteiger charge is 2.22. The lowest BCUT2D eigenvalue weighted by Crippen LogP contribution is -2.49. The second kappa shape index (κ2) is 4.64. The lowest BCUT2D eigenvalue weighted by Gasteiger charge is -2.21. The molecule has 0 aromatic rings. The Morgan fingerprint density at radius 3 is 3.08 bits per heavy atom. The van der Waals surface area contributed by atoms with Crippen LogP contribution in [0.25, 0.3) is 0 Å². The maximum Gasteiger partial charge on any atom is 0.244 e. The van der Waals surface area contributed by atoms with E-state index < -0.39 is 0 Å². The lowest BCUT2D eigenvalue weighted by molar-refractivity contribution is -0.128. The summed E-state index contributed by atoms with van der Waals surface area (Å²) in [6.45, 7) is 2.48. The van der Waals surface area contributed by atoms with Crippen molar-refractivity contribution in [3.63, 3.8) is 0 Å². The van der Waals surface area contributed by atoms with Crippen molar-refractivity contribution in [2.45, 2.75) is 25.8 Å². The van der Waals surface area contributed by atoms with E-state index in [1.54, 1.807) is 13.0 Å². The molecule has 4 nitrogen and oxygen atoms in total. The monoisotopic (exact) mass is 182 g/mol. The van der Waals surface area contributed by atoms with Gasteiger partial charge in [0.25, 0.3) is 0 Å². The highest BCUT2D eigenvalue weighted by molar-refractivity contribution is 5.93. The molecule has 1 rings (SSSR count). The molecule has 0 aliphatic carbocycles. The molecule has 1 aliphatic heterocycles. The first-order chi connectivity index (χ1) is 6.24. The molecule has 72 valence electrons. The maximum absolute atomic E-state index is 11.2. The van der Waals surface area contributed by atoms with Gasteiger partial charge in [-0.15, -0.1) is 0 Å². The average Bonchev–Trinajstić information content (AvgIpc) is 2.09. The molecule has 1 atom stereocenters.